The van der Waals surface area contributed by atoms with Crippen LogP contribution in [0.1, 0.15) is 13.3 Å². The lowest BCUT2D eigenvalue weighted by molar-refractivity contribution is 0.703. The fourth-order valence-electron chi connectivity index (χ4n) is 0.701. The lowest BCUT2D eigenvalue weighted by Gasteiger charge is -1.95. The SMILES string of the molecule is CC1CC[B]N1. The molecule has 33 valence electrons. The molecule has 1 atom stereocenters. The quantitative estimate of drug-likeness (QED) is 0.417. The van der Waals surface area contributed by atoms with E-state index in [2.05, 4.69) is 19.6 Å². The topological polar surface area (TPSA) is 12.0 Å². The van der Waals surface area contributed by atoms with Crippen molar-refractivity contribution in [2.75, 3.05) is 0 Å². The molecule has 2 heteroatoms. The zero-order valence-corrected chi connectivity index (χ0v) is 4.07. The standard InChI is InChI=1S/C4H9BN/c1-4-2-3-5-6-4/h4,6H,2-3H2,1H3. The largest absolute Gasteiger partial charge is 0.358 e. The first kappa shape index (κ1) is 4.19. The summed E-state index contributed by atoms with van der Waals surface area (Å²) in [5.74, 6) is 0. The predicted octanol–water partition coefficient (Wildman–Crippen LogP) is 0.406. The summed E-state index contributed by atoms with van der Waals surface area (Å²) in [4.78, 5) is 0. The molecule has 1 heterocycles. The van der Waals surface area contributed by atoms with Gasteiger partial charge in [0.25, 0.3) is 0 Å². The smallest absolute Gasteiger partial charge is 0.205 e. The third-order valence-electron chi connectivity index (χ3n) is 1.15. The Morgan fingerprint density at radius 1 is 1.83 bits per heavy atom. The lowest BCUT2D eigenvalue weighted by Crippen LogP contribution is -2.18. The third kappa shape index (κ3) is 0.746. The van der Waals surface area contributed by atoms with Gasteiger partial charge in [-0.05, 0) is 12.5 Å². The number of nitrogens with one attached hydrogen (secondary N) is 1. The molecule has 1 N–H and O–H groups in total. The van der Waals surface area contributed by atoms with Gasteiger partial charge in [-0.1, -0.05) is 13.2 Å². The first-order valence-corrected chi connectivity index (χ1v) is 2.47. The summed E-state index contributed by atoms with van der Waals surface area (Å²) in [6.07, 6.45) is 2.57. The maximum absolute atomic E-state index is 3.19. The lowest BCUT2D eigenvalue weighted by atomic mass is 9.94. The highest BCUT2D eigenvalue weighted by Crippen LogP contribution is 2.00. The van der Waals surface area contributed by atoms with Crippen LogP contribution in [-0.4, -0.2) is 13.5 Å². The van der Waals surface area contributed by atoms with Gasteiger partial charge in [0.2, 0.25) is 7.41 Å². The van der Waals surface area contributed by atoms with Crippen LogP contribution in [0, 0.1) is 0 Å². The summed E-state index contributed by atoms with van der Waals surface area (Å²) in [7, 11) is 2.13. The van der Waals surface area contributed by atoms with Crippen molar-refractivity contribution in [2.45, 2.75) is 25.7 Å². The Bertz CT molecular complexity index is 40.8. The van der Waals surface area contributed by atoms with E-state index in [-0.39, 0.29) is 0 Å². The van der Waals surface area contributed by atoms with E-state index in [1.807, 2.05) is 0 Å². The summed E-state index contributed by atoms with van der Waals surface area (Å²) >= 11 is 0. The van der Waals surface area contributed by atoms with Gasteiger partial charge in [-0.15, -0.1) is 0 Å². The highest BCUT2D eigenvalue weighted by atomic mass is 14.8. The van der Waals surface area contributed by atoms with Crippen molar-refractivity contribution in [2.24, 2.45) is 0 Å². The van der Waals surface area contributed by atoms with Crippen LogP contribution >= 0.6 is 0 Å². The zero-order chi connectivity index (χ0) is 4.41. The highest BCUT2D eigenvalue weighted by Gasteiger charge is 2.07. The Morgan fingerprint density at radius 2 is 2.67 bits per heavy atom. The molecule has 0 aliphatic carbocycles. The van der Waals surface area contributed by atoms with Crippen LogP contribution in [0.3, 0.4) is 0 Å². The van der Waals surface area contributed by atoms with Crippen LogP contribution in [0.15, 0.2) is 0 Å². The number of rotatable bonds is 0. The van der Waals surface area contributed by atoms with Crippen LogP contribution < -0.4 is 5.23 Å². The molecule has 0 spiro atoms. The Morgan fingerprint density at radius 3 is 2.83 bits per heavy atom. The Hall–Kier alpha value is 0.0249. The molecule has 1 saturated heterocycles. The van der Waals surface area contributed by atoms with Crippen LogP contribution in [0.25, 0.3) is 0 Å². The monoisotopic (exact) mass is 82.1 g/mol. The molecule has 1 fully saturated rings. The fraction of sp³-hybridized carbons (Fsp3) is 1.00. The first-order valence-electron chi connectivity index (χ1n) is 2.47. The molecule has 0 aromatic heterocycles. The van der Waals surface area contributed by atoms with E-state index in [0.29, 0.717) is 0 Å². The molecule has 6 heavy (non-hydrogen) atoms. The van der Waals surface area contributed by atoms with Gasteiger partial charge in [-0.25, -0.2) is 0 Å². The van der Waals surface area contributed by atoms with Gasteiger partial charge in [0.1, 0.15) is 0 Å². The van der Waals surface area contributed by atoms with Gasteiger partial charge >= 0.3 is 0 Å². The van der Waals surface area contributed by atoms with E-state index in [4.69, 9.17) is 0 Å². The molecule has 1 aliphatic heterocycles. The molecule has 0 aromatic carbocycles. The van der Waals surface area contributed by atoms with E-state index >= 15 is 0 Å². The molecular formula is C4H9BN. The van der Waals surface area contributed by atoms with Gasteiger partial charge in [0, 0.05) is 0 Å². The third-order valence-corrected chi connectivity index (χ3v) is 1.15. The Balaban J connectivity index is 2.18. The van der Waals surface area contributed by atoms with Crippen LogP contribution in [0.4, 0.5) is 0 Å². The van der Waals surface area contributed by atoms with E-state index < -0.39 is 0 Å². The van der Waals surface area contributed by atoms with Crippen molar-refractivity contribution in [3.8, 4) is 0 Å². The van der Waals surface area contributed by atoms with Gasteiger partial charge in [-0.2, -0.15) is 0 Å². The minimum atomic E-state index is 0.741. The number of hydrogen-bond donors (Lipinski definition) is 1. The molecule has 0 aromatic rings. The first-order chi connectivity index (χ1) is 2.89. The molecular weight excluding hydrogens is 72.9 g/mol. The van der Waals surface area contributed by atoms with E-state index in [1.54, 1.807) is 0 Å². The maximum atomic E-state index is 3.19. The normalized spacial score (nSPS) is 33.2. The van der Waals surface area contributed by atoms with Crippen molar-refractivity contribution in [3.63, 3.8) is 0 Å². The van der Waals surface area contributed by atoms with E-state index in [9.17, 15) is 0 Å². The average Bonchev–Trinajstić information content (AvgIpc) is 1.86. The summed E-state index contributed by atoms with van der Waals surface area (Å²) in [6.45, 7) is 2.20. The molecule has 1 radical (unpaired) electrons. The Kier molecular flexibility index (Phi) is 1.15. The fourth-order valence-corrected chi connectivity index (χ4v) is 0.701. The van der Waals surface area contributed by atoms with Crippen LogP contribution in [0.5, 0.6) is 0 Å². The van der Waals surface area contributed by atoms with Crippen molar-refractivity contribution >= 4 is 7.41 Å². The average molecular weight is 81.9 g/mol. The molecule has 1 unspecified atom stereocenters. The second-order valence-corrected chi connectivity index (χ2v) is 1.85. The molecule has 0 amide bonds. The van der Waals surface area contributed by atoms with Gasteiger partial charge < -0.3 is 5.23 Å². The van der Waals surface area contributed by atoms with Crippen LogP contribution in [0.2, 0.25) is 6.32 Å². The van der Waals surface area contributed by atoms with E-state index in [1.165, 1.54) is 12.7 Å². The van der Waals surface area contributed by atoms with E-state index in [0.717, 1.165) is 6.04 Å². The maximum Gasteiger partial charge on any atom is 0.205 e. The Labute approximate surface area is 39.4 Å². The summed E-state index contributed by atoms with van der Waals surface area (Å²) < 4.78 is 0. The van der Waals surface area contributed by atoms with Crippen molar-refractivity contribution in [3.05, 3.63) is 0 Å². The predicted molar refractivity (Wildman–Crippen MR) is 27.8 cm³/mol. The second kappa shape index (κ2) is 1.65. The summed E-state index contributed by atoms with van der Waals surface area (Å²) in [6, 6.07) is 0.741. The van der Waals surface area contributed by atoms with Gasteiger partial charge in [0.05, 0.1) is 0 Å². The molecule has 1 aliphatic rings. The van der Waals surface area contributed by atoms with Crippen molar-refractivity contribution < 1.29 is 0 Å². The molecule has 1 nitrogen and oxygen atoms in total. The minimum absolute atomic E-state index is 0.741. The van der Waals surface area contributed by atoms with Crippen molar-refractivity contribution in [1.82, 2.24) is 5.23 Å². The molecule has 1 rings (SSSR count). The van der Waals surface area contributed by atoms with Gasteiger partial charge in [0.15, 0.2) is 0 Å². The zero-order valence-electron chi connectivity index (χ0n) is 4.07. The van der Waals surface area contributed by atoms with Crippen LogP contribution in [-0.2, 0) is 0 Å². The number of hydrogen-bond acceptors (Lipinski definition) is 1. The minimum Gasteiger partial charge on any atom is -0.358 e. The highest BCUT2D eigenvalue weighted by molar-refractivity contribution is 6.33. The molecule has 0 saturated carbocycles. The second-order valence-electron chi connectivity index (χ2n) is 1.85. The van der Waals surface area contributed by atoms with Crippen molar-refractivity contribution in [1.29, 1.82) is 0 Å². The summed E-state index contributed by atoms with van der Waals surface area (Å²) in [5, 5.41) is 3.19. The summed E-state index contributed by atoms with van der Waals surface area (Å²) in [5.41, 5.74) is 0. The molecule has 0 bridgehead atoms. The van der Waals surface area contributed by atoms with Gasteiger partial charge in [-0.3, -0.25) is 0 Å².